The summed E-state index contributed by atoms with van der Waals surface area (Å²) in [5, 5.41) is 0. The first kappa shape index (κ1) is 13.9. The summed E-state index contributed by atoms with van der Waals surface area (Å²) in [5.74, 6) is -0.272. The highest BCUT2D eigenvalue weighted by atomic mass is 16.5. The Morgan fingerprint density at radius 2 is 2.11 bits per heavy atom. The first-order chi connectivity index (χ1) is 9.18. The first-order valence-corrected chi connectivity index (χ1v) is 6.93. The Hall–Kier alpha value is -1.55. The Labute approximate surface area is 114 Å². The Balaban J connectivity index is 1.76. The van der Waals surface area contributed by atoms with Gasteiger partial charge in [-0.3, -0.25) is 0 Å². The number of carbonyl (C=O) groups is 1. The zero-order valence-corrected chi connectivity index (χ0v) is 11.5. The number of nitrogens with two attached hydrogens (primary N) is 1. The third-order valence-corrected chi connectivity index (χ3v) is 3.65. The van der Waals surface area contributed by atoms with Crippen molar-refractivity contribution < 1.29 is 9.53 Å². The lowest BCUT2D eigenvalue weighted by Gasteiger charge is -2.14. The molecule has 0 amide bonds. The van der Waals surface area contributed by atoms with Crippen LogP contribution in [0.2, 0.25) is 0 Å². The van der Waals surface area contributed by atoms with Gasteiger partial charge in [0, 0.05) is 12.2 Å². The van der Waals surface area contributed by atoms with E-state index in [0.717, 1.165) is 18.5 Å². The van der Waals surface area contributed by atoms with E-state index in [0.29, 0.717) is 17.9 Å². The molecule has 0 atom stereocenters. The molecule has 4 heteroatoms. The van der Waals surface area contributed by atoms with Gasteiger partial charge in [0.15, 0.2) is 0 Å². The molecule has 0 saturated carbocycles. The van der Waals surface area contributed by atoms with Gasteiger partial charge in [-0.15, -0.1) is 0 Å². The van der Waals surface area contributed by atoms with Crippen LogP contribution in [0.3, 0.4) is 0 Å². The van der Waals surface area contributed by atoms with Crippen molar-refractivity contribution in [3.05, 3.63) is 29.3 Å². The van der Waals surface area contributed by atoms with E-state index >= 15 is 0 Å². The highest BCUT2D eigenvalue weighted by Crippen LogP contribution is 2.16. The molecule has 1 saturated heterocycles. The smallest absolute Gasteiger partial charge is 0.338 e. The number of hydrogen-bond donors (Lipinski definition) is 1. The summed E-state index contributed by atoms with van der Waals surface area (Å²) in [6.07, 6.45) is 3.48. The SMILES string of the molecule is Cc1c(N)cccc1C(=O)OCCCN1CCCC1. The van der Waals surface area contributed by atoms with E-state index in [4.69, 9.17) is 10.5 Å². The number of nitrogens with zero attached hydrogens (tertiary/aromatic N) is 1. The third kappa shape index (κ3) is 3.70. The van der Waals surface area contributed by atoms with Crippen molar-refractivity contribution in [2.45, 2.75) is 26.2 Å². The predicted molar refractivity (Wildman–Crippen MR) is 76.2 cm³/mol. The molecule has 1 aromatic rings. The number of anilines is 1. The van der Waals surface area contributed by atoms with Crippen LogP contribution in [0.5, 0.6) is 0 Å². The summed E-state index contributed by atoms with van der Waals surface area (Å²) in [5.41, 5.74) is 7.78. The number of hydrogen-bond acceptors (Lipinski definition) is 4. The second-order valence-electron chi connectivity index (χ2n) is 5.06. The molecule has 1 heterocycles. The Morgan fingerprint density at radius 3 is 2.84 bits per heavy atom. The molecule has 1 aromatic carbocycles. The summed E-state index contributed by atoms with van der Waals surface area (Å²) in [6, 6.07) is 5.33. The van der Waals surface area contributed by atoms with Crippen molar-refractivity contribution in [2.24, 2.45) is 0 Å². The maximum Gasteiger partial charge on any atom is 0.338 e. The zero-order valence-electron chi connectivity index (χ0n) is 11.5. The Kier molecular flexibility index (Phi) is 4.80. The number of benzene rings is 1. The molecular weight excluding hydrogens is 240 g/mol. The molecule has 2 N–H and O–H groups in total. The fraction of sp³-hybridized carbons (Fsp3) is 0.533. The van der Waals surface area contributed by atoms with Crippen molar-refractivity contribution in [1.82, 2.24) is 4.90 Å². The van der Waals surface area contributed by atoms with Gasteiger partial charge in [-0.25, -0.2) is 4.79 Å². The van der Waals surface area contributed by atoms with Crippen LogP contribution in [0.4, 0.5) is 5.69 Å². The van der Waals surface area contributed by atoms with Crippen LogP contribution in [0.1, 0.15) is 35.2 Å². The fourth-order valence-electron chi connectivity index (χ4n) is 2.41. The third-order valence-electron chi connectivity index (χ3n) is 3.65. The maximum absolute atomic E-state index is 11.9. The van der Waals surface area contributed by atoms with Crippen LogP contribution < -0.4 is 5.73 Å². The van der Waals surface area contributed by atoms with Crippen molar-refractivity contribution in [3.63, 3.8) is 0 Å². The lowest BCUT2D eigenvalue weighted by molar-refractivity contribution is 0.0490. The van der Waals surface area contributed by atoms with Gasteiger partial charge >= 0.3 is 5.97 Å². The number of esters is 1. The van der Waals surface area contributed by atoms with Gasteiger partial charge in [0.2, 0.25) is 0 Å². The second-order valence-corrected chi connectivity index (χ2v) is 5.06. The molecule has 0 bridgehead atoms. The lowest BCUT2D eigenvalue weighted by Crippen LogP contribution is -2.22. The van der Waals surface area contributed by atoms with E-state index in [2.05, 4.69) is 4.90 Å². The van der Waals surface area contributed by atoms with Crippen LogP contribution in [-0.2, 0) is 4.74 Å². The van der Waals surface area contributed by atoms with Gasteiger partial charge in [0.25, 0.3) is 0 Å². The topological polar surface area (TPSA) is 55.6 Å². The van der Waals surface area contributed by atoms with Gasteiger partial charge in [-0.05, 0) is 57.0 Å². The molecule has 4 nitrogen and oxygen atoms in total. The maximum atomic E-state index is 11.9. The lowest BCUT2D eigenvalue weighted by atomic mass is 10.1. The number of ether oxygens (including phenoxy) is 1. The molecule has 0 spiro atoms. The van der Waals surface area contributed by atoms with E-state index in [1.54, 1.807) is 18.2 Å². The highest BCUT2D eigenvalue weighted by Gasteiger charge is 2.13. The monoisotopic (exact) mass is 262 g/mol. The quantitative estimate of drug-likeness (QED) is 0.502. The number of likely N-dealkylation sites (tertiary alicyclic amines) is 1. The molecular formula is C15H22N2O2. The minimum absolute atomic E-state index is 0.272. The van der Waals surface area contributed by atoms with Gasteiger partial charge in [-0.2, -0.15) is 0 Å². The molecule has 0 aromatic heterocycles. The van der Waals surface area contributed by atoms with Gasteiger partial charge in [0.1, 0.15) is 0 Å². The normalized spacial score (nSPS) is 15.6. The highest BCUT2D eigenvalue weighted by molar-refractivity contribution is 5.92. The van der Waals surface area contributed by atoms with Gasteiger partial charge in [0.05, 0.1) is 12.2 Å². The molecule has 1 fully saturated rings. The van der Waals surface area contributed by atoms with Crippen LogP contribution in [0.15, 0.2) is 18.2 Å². The zero-order chi connectivity index (χ0) is 13.7. The molecule has 1 aliphatic heterocycles. The van der Waals surface area contributed by atoms with E-state index < -0.39 is 0 Å². The number of nitrogen functional groups attached to an aromatic ring is 1. The van der Waals surface area contributed by atoms with Crippen molar-refractivity contribution in [2.75, 3.05) is 32.0 Å². The fourth-order valence-corrected chi connectivity index (χ4v) is 2.41. The van der Waals surface area contributed by atoms with E-state index in [1.165, 1.54) is 25.9 Å². The molecule has 0 radical (unpaired) electrons. The number of carbonyl (C=O) groups excluding carboxylic acids is 1. The second kappa shape index (κ2) is 6.57. The van der Waals surface area contributed by atoms with Crippen molar-refractivity contribution >= 4 is 11.7 Å². The molecule has 1 aliphatic rings. The van der Waals surface area contributed by atoms with Gasteiger partial charge in [-0.1, -0.05) is 6.07 Å². The summed E-state index contributed by atoms with van der Waals surface area (Å²) < 4.78 is 5.30. The summed E-state index contributed by atoms with van der Waals surface area (Å²) in [6.45, 7) is 5.70. The first-order valence-electron chi connectivity index (χ1n) is 6.93. The predicted octanol–water partition coefficient (Wildman–Crippen LogP) is 2.22. The molecule has 104 valence electrons. The summed E-state index contributed by atoms with van der Waals surface area (Å²) in [7, 11) is 0. The average molecular weight is 262 g/mol. The van der Waals surface area contributed by atoms with Crippen LogP contribution in [0.25, 0.3) is 0 Å². The van der Waals surface area contributed by atoms with Crippen molar-refractivity contribution in [1.29, 1.82) is 0 Å². The Bertz CT molecular complexity index is 440. The van der Waals surface area contributed by atoms with Crippen LogP contribution >= 0.6 is 0 Å². The summed E-state index contributed by atoms with van der Waals surface area (Å²) in [4.78, 5) is 14.3. The van der Waals surface area contributed by atoms with E-state index in [-0.39, 0.29) is 5.97 Å². The molecule has 19 heavy (non-hydrogen) atoms. The Morgan fingerprint density at radius 1 is 1.37 bits per heavy atom. The average Bonchev–Trinajstić information content (AvgIpc) is 2.91. The molecule has 0 unspecified atom stereocenters. The largest absolute Gasteiger partial charge is 0.462 e. The van der Waals surface area contributed by atoms with Gasteiger partial charge < -0.3 is 15.4 Å². The molecule has 2 rings (SSSR count). The van der Waals surface area contributed by atoms with Crippen LogP contribution in [0, 0.1) is 6.92 Å². The minimum atomic E-state index is -0.272. The van der Waals surface area contributed by atoms with E-state index in [9.17, 15) is 4.79 Å². The number of rotatable bonds is 5. The minimum Gasteiger partial charge on any atom is -0.462 e. The van der Waals surface area contributed by atoms with E-state index in [1.807, 2.05) is 6.92 Å². The summed E-state index contributed by atoms with van der Waals surface area (Å²) >= 11 is 0. The molecule has 0 aliphatic carbocycles. The van der Waals surface area contributed by atoms with Crippen molar-refractivity contribution in [3.8, 4) is 0 Å². The van der Waals surface area contributed by atoms with Crippen LogP contribution in [-0.4, -0.2) is 37.1 Å². The standard InChI is InChI=1S/C15H22N2O2/c1-12-13(6-4-7-14(12)16)15(18)19-11-5-10-17-8-2-3-9-17/h4,6-7H,2-3,5,8-11,16H2,1H3.